The predicted octanol–water partition coefficient (Wildman–Crippen LogP) is 2.57. The smallest absolute Gasteiger partial charge is 0.0591 e. The van der Waals surface area contributed by atoms with E-state index in [1.807, 2.05) is 18.2 Å². The van der Waals surface area contributed by atoms with Crippen LogP contribution in [0.15, 0.2) is 18.2 Å². The minimum atomic E-state index is 0.485. The number of fused-ring (bicyclic) bond motifs is 1. The third-order valence-corrected chi connectivity index (χ3v) is 2.22. The maximum Gasteiger partial charge on any atom is 0.0591 e. The summed E-state index contributed by atoms with van der Waals surface area (Å²) in [6, 6.07) is 6.32. The van der Waals surface area contributed by atoms with Crippen LogP contribution in [0.4, 0.5) is 11.4 Å². The van der Waals surface area contributed by atoms with E-state index in [0.29, 0.717) is 6.04 Å². The Kier molecular flexibility index (Phi) is 1.85. The molecule has 0 bridgehead atoms. The fraction of sp³-hybridized carbons (Fsp3) is 0.333. The second-order valence-electron chi connectivity index (χ2n) is 3.12. The van der Waals surface area contributed by atoms with Crippen molar-refractivity contribution in [2.75, 3.05) is 17.2 Å². The molecular formula is C9H11ClN2. The van der Waals surface area contributed by atoms with E-state index < -0.39 is 0 Å². The summed E-state index contributed by atoms with van der Waals surface area (Å²) in [7, 11) is 0. The van der Waals surface area contributed by atoms with Gasteiger partial charge in [-0.1, -0.05) is 11.6 Å². The lowest BCUT2D eigenvalue weighted by Crippen LogP contribution is -2.29. The van der Waals surface area contributed by atoms with E-state index in [1.165, 1.54) is 0 Å². The van der Waals surface area contributed by atoms with Crippen LogP contribution in [0.1, 0.15) is 6.92 Å². The number of benzene rings is 1. The highest BCUT2D eigenvalue weighted by atomic mass is 35.5. The molecule has 0 aromatic heterocycles. The Labute approximate surface area is 76.9 Å². The molecule has 1 unspecified atom stereocenters. The van der Waals surface area contributed by atoms with Crippen LogP contribution >= 0.6 is 11.6 Å². The molecule has 3 heteroatoms. The summed E-state index contributed by atoms with van der Waals surface area (Å²) in [4.78, 5) is 0. The van der Waals surface area contributed by atoms with E-state index in [1.54, 1.807) is 0 Å². The van der Waals surface area contributed by atoms with E-state index in [9.17, 15) is 0 Å². The Morgan fingerprint density at radius 1 is 1.42 bits per heavy atom. The SMILES string of the molecule is CC1CNc2cc(Cl)ccc2N1. The molecular weight excluding hydrogens is 172 g/mol. The third kappa shape index (κ3) is 1.34. The number of hydrogen-bond donors (Lipinski definition) is 2. The number of hydrogen-bond acceptors (Lipinski definition) is 2. The molecule has 1 aliphatic heterocycles. The van der Waals surface area contributed by atoms with E-state index in [0.717, 1.165) is 22.9 Å². The number of halogens is 1. The van der Waals surface area contributed by atoms with Gasteiger partial charge in [-0.3, -0.25) is 0 Å². The summed E-state index contributed by atoms with van der Waals surface area (Å²) in [5, 5.41) is 7.45. The van der Waals surface area contributed by atoms with Gasteiger partial charge in [-0.15, -0.1) is 0 Å². The summed E-state index contributed by atoms with van der Waals surface area (Å²) in [6.07, 6.45) is 0. The van der Waals surface area contributed by atoms with Crippen molar-refractivity contribution >= 4 is 23.0 Å². The summed E-state index contributed by atoms with van der Waals surface area (Å²) >= 11 is 5.85. The molecule has 2 nitrogen and oxygen atoms in total. The molecule has 1 aromatic carbocycles. The van der Waals surface area contributed by atoms with Crippen molar-refractivity contribution in [3.63, 3.8) is 0 Å². The Hall–Kier alpha value is -0.890. The van der Waals surface area contributed by atoms with Gasteiger partial charge in [-0.25, -0.2) is 0 Å². The average Bonchev–Trinajstić information content (AvgIpc) is 2.05. The minimum absolute atomic E-state index is 0.485. The molecule has 1 atom stereocenters. The summed E-state index contributed by atoms with van der Waals surface area (Å²) in [5.74, 6) is 0. The number of rotatable bonds is 0. The second kappa shape index (κ2) is 2.87. The lowest BCUT2D eigenvalue weighted by Gasteiger charge is -2.25. The molecule has 1 aliphatic rings. The van der Waals surface area contributed by atoms with Gasteiger partial charge in [0.25, 0.3) is 0 Å². The standard InChI is InChI=1S/C9H11ClN2/c1-6-5-11-9-4-7(10)2-3-8(9)12-6/h2-4,6,11-12H,5H2,1H3. The van der Waals surface area contributed by atoms with Gasteiger partial charge in [-0.05, 0) is 25.1 Å². The van der Waals surface area contributed by atoms with Crippen molar-refractivity contribution in [2.45, 2.75) is 13.0 Å². The van der Waals surface area contributed by atoms with Gasteiger partial charge in [0.05, 0.1) is 11.4 Å². The molecule has 0 fully saturated rings. The lowest BCUT2D eigenvalue weighted by molar-refractivity contribution is 0.818. The fourth-order valence-electron chi connectivity index (χ4n) is 1.37. The number of anilines is 2. The Morgan fingerprint density at radius 2 is 2.25 bits per heavy atom. The summed E-state index contributed by atoms with van der Waals surface area (Å²) < 4.78 is 0. The predicted molar refractivity (Wildman–Crippen MR) is 53.0 cm³/mol. The molecule has 0 amide bonds. The zero-order valence-corrected chi connectivity index (χ0v) is 7.65. The first kappa shape index (κ1) is 7.74. The zero-order chi connectivity index (χ0) is 8.55. The third-order valence-electron chi connectivity index (χ3n) is 1.98. The number of nitrogens with one attached hydrogen (secondary N) is 2. The fourth-order valence-corrected chi connectivity index (χ4v) is 1.54. The Bertz CT molecular complexity index is 299. The van der Waals surface area contributed by atoms with Crippen molar-refractivity contribution in [2.24, 2.45) is 0 Å². The van der Waals surface area contributed by atoms with Crippen LogP contribution in [0, 0.1) is 0 Å². The first-order valence-electron chi connectivity index (χ1n) is 4.05. The van der Waals surface area contributed by atoms with Crippen molar-refractivity contribution in [3.8, 4) is 0 Å². The molecule has 0 saturated carbocycles. The van der Waals surface area contributed by atoms with Gasteiger partial charge in [0.2, 0.25) is 0 Å². The molecule has 64 valence electrons. The van der Waals surface area contributed by atoms with Crippen molar-refractivity contribution < 1.29 is 0 Å². The Morgan fingerprint density at radius 3 is 3.08 bits per heavy atom. The van der Waals surface area contributed by atoms with Crippen LogP contribution in [0.5, 0.6) is 0 Å². The molecule has 0 spiro atoms. The maximum atomic E-state index is 5.85. The monoisotopic (exact) mass is 182 g/mol. The molecule has 2 rings (SSSR count). The van der Waals surface area contributed by atoms with Crippen molar-refractivity contribution in [1.29, 1.82) is 0 Å². The first-order chi connectivity index (χ1) is 5.75. The molecule has 1 heterocycles. The highest BCUT2D eigenvalue weighted by molar-refractivity contribution is 6.31. The summed E-state index contributed by atoms with van der Waals surface area (Å²) in [5.41, 5.74) is 2.23. The van der Waals surface area contributed by atoms with Gasteiger partial charge in [0.15, 0.2) is 0 Å². The maximum absolute atomic E-state index is 5.85. The zero-order valence-electron chi connectivity index (χ0n) is 6.89. The van der Waals surface area contributed by atoms with Crippen molar-refractivity contribution in [3.05, 3.63) is 23.2 Å². The minimum Gasteiger partial charge on any atom is -0.381 e. The van der Waals surface area contributed by atoms with Gasteiger partial charge in [-0.2, -0.15) is 0 Å². The second-order valence-corrected chi connectivity index (χ2v) is 3.55. The van der Waals surface area contributed by atoms with Crippen LogP contribution in [-0.4, -0.2) is 12.6 Å². The van der Waals surface area contributed by atoms with Gasteiger partial charge in [0, 0.05) is 17.6 Å². The molecule has 0 radical (unpaired) electrons. The highest BCUT2D eigenvalue weighted by Gasteiger charge is 2.12. The molecule has 0 saturated heterocycles. The normalized spacial score (nSPS) is 20.7. The van der Waals surface area contributed by atoms with Crippen LogP contribution in [-0.2, 0) is 0 Å². The molecule has 0 aliphatic carbocycles. The Balaban J connectivity index is 2.37. The molecule has 1 aromatic rings. The van der Waals surface area contributed by atoms with Crippen LogP contribution in [0.3, 0.4) is 0 Å². The van der Waals surface area contributed by atoms with E-state index in [4.69, 9.17) is 11.6 Å². The van der Waals surface area contributed by atoms with E-state index in [-0.39, 0.29) is 0 Å². The molecule has 12 heavy (non-hydrogen) atoms. The van der Waals surface area contributed by atoms with Gasteiger partial charge >= 0.3 is 0 Å². The summed E-state index contributed by atoms with van der Waals surface area (Å²) in [6.45, 7) is 3.10. The van der Waals surface area contributed by atoms with Crippen LogP contribution < -0.4 is 10.6 Å². The largest absolute Gasteiger partial charge is 0.381 e. The van der Waals surface area contributed by atoms with E-state index >= 15 is 0 Å². The first-order valence-corrected chi connectivity index (χ1v) is 4.43. The van der Waals surface area contributed by atoms with Crippen LogP contribution in [0.2, 0.25) is 5.02 Å². The average molecular weight is 183 g/mol. The topological polar surface area (TPSA) is 24.1 Å². The quantitative estimate of drug-likeness (QED) is 0.645. The molecule has 2 N–H and O–H groups in total. The highest BCUT2D eigenvalue weighted by Crippen LogP contribution is 2.28. The van der Waals surface area contributed by atoms with Gasteiger partial charge < -0.3 is 10.6 Å². The van der Waals surface area contributed by atoms with Crippen LogP contribution in [0.25, 0.3) is 0 Å². The van der Waals surface area contributed by atoms with E-state index in [2.05, 4.69) is 17.6 Å². The lowest BCUT2D eigenvalue weighted by atomic mass is 10.2. The van der Waals surface area contributed by atoms with Crippen molar-refractivity contribution in [1.82, 2.24) is 0 Å². The van der Waals surface area contributed by atoms with Gasteiger partial charge in [0.1, 0.15) is 0 Å².